The Morgan fingerprint density at radius 2 is 1.85 bits per heavy atom. The standard InChI is InChI=1S/C24H19Cl3N2O2S2/c1-24(2)10-17-19(11-31-24)33-21-20(17)22(30)29(16-7-5-14(25)6-8-16)23(28-21)32-12-13-3-4-15(26)9-18(13)27/h3-9H,10-12H2,1-2H3. The van der Waals surface area contributed by atoms with E-state index in [0.29, 0.717) is 44.4 Å². The number of hydrogen-bond donors (Lipinski definition) is 0. The Hall–Kier alpha value is -1.54. The molecule has 0 bridgehead atoms. The van der Waals surface area contributed by atoms with E-state index in [-0.39, 0.29) is 11.2 Å². The summed E-state index contributed by atoms with van der Waals surface area (Å²) in [7, 11) is 0. The van der Waals surface area contributed by atoms with Crippen LogP contribution in [0, 0.1) is 0 Å². The van der Waals surface area contributed by atoms with Crippen molar-refractivity contribution in [3.05, 3.63) is 83.9 Å². The van der Waals surface area contributed by atoms with E-state index >= 15 is 0 Å². The van der Waals surface area contributed by atoms with Crippen LogP contribution in [0.25, 0.3) is 15.9 Å². The Morgan fingerprint density at radius 1 is 1.12 bits per heavy atom. The average molecular weight is 538 g/mol. The third kappa shape index (κ3) is 4.57. The number of fused-ring (bicyclic) bond motifs is 3. The number of aromatic nitrogens is 2. The average Bonchev–Trinajstić information content (AvgIpc) is 3.11. The molecule has 1 aliphatic heterocycles. The fraction of sp³-hybridized carbons (Fsp3) is 0.250. The van der Waals surface area contributed by atoms with Gasteiger partial charge in [0.15, 0.2) is 5.16 Å². The van der Waals surface area contributed by atoms with Gasteiger partial charge < -0.3 is 4.74 Å². The summed E-state index contributed by atoms with van der Waals surface area (Å²) >= 11 is 21.5. The van der Waals surface area contributed by atoms with Crippen molar-refractivity contribution in [3.63, 3.8) is 0 Å². The van der Waals surface area contributed by atoms with E-state index in [9.17, 15) is 4.79 Å². The molecule has 9 heteroatoms. The van der Waals surface area contributed by atoms with Crippen LogP contribution in [-0.4, -0.2) is 15.2 Å². The molecule has 0 amide bonds. The molecule has 2 aromatic carbocycles. The summed E-state index contributed by atoms with van der Waals surface area (Å²) in [5, 5.41) is 3.05. The van der Waals surface area contributed by atoms with E-state index < -0.39 is 0 Å². The van der Waals surface area contributed by atoms with Crippen molar-refractivity contribution in [1.29, 1.82) is 0 Å². The van der Waals surface area contributed by atoms with Crippen LogP contribution in [0.1, 0.15) is 29.9 Å². The number of hydrogen-bond acceptors (Lipinski definition) is 5. The molecule has 0 aliphatic carbocycles. The smallest absolute Gasteiger partial charge is 0.267 e. The van der Waals surface area contributed by atoms with Crippen molar-refractivity contribution in [2.45, 2.75) is 43.4 Å². The maximum Gasteiger partial charge on any atom is 0.267 e. The Balaban J connectivity index is 1.66. The van der Waals surface area contributed by atoms with Gasteiger partial charge in [0, 0.05) is 32.1 Å². The van der Waals surface area contributed by atoms with Crippen LogP contribution in [0.3, 0.4) is 0 Å². The molecule has 0 saturated carbocycles. The molecule has 2 aromatic heterocycles. The summed E-state index contributed by atoms with van der Waals surface area (Å²) in [6, 6.07) is 12.6. The van der Waals surface area contributed by atoms with Crippen molar-refractivity contribution < 1.29 is 4.74 Å². The number of benzene rings is 2. The van der Waals surface area contributed by atoms with Gasteiger partial charge in [-0.25, -0.2) is 4.98 Å². The van der Waals surface area contributed by atoms with E-state index in [1.165, 1.54) is 23.1 Å². The molecule has 170 valence electrons. The first-order valence-electron chi connectivity index (χ1n) is 10.3. The third-order valence-corrected chi connectivity index (χ3v) is 8.46. The van der Waals surface area contributed by atoms with Gasteiger partial charge in [-0.3, -0.25) is 9.36 Å². The molecular weight excluding hydrogens is 519 g/mol. The first-order chi connectivity index (χ1) is 15.7. The molecule has 33 heavy (non-hydrogen) atoms. The zero-order valence-corrected chi connectivity index (χ0v) is 21.7. The van der Waals surface area contributed by atoms with Crippen LogP contribution in [0.5, 0.6) is 0 Å². The molecule has 0 saturated heterocycles. The minimum absolute atomic E-state index is 0.0813. The number of halogens is 3. The molecule has 0 fully saturated rings. The maximum atomic E-state index is 13.9. The second kappa shape index (κ2) is 8.91. The van der Waals surface area contributed by atoms with Gasteiger partial charge in [-0.1, -0.05) is 52.6 Å². The summed E-state index contributed by atoms with van der Waals surface area (Å²) < 4.78 is 7.65. The molecule has 5 rings (SSSR count). The minimum Gasteiger partial charge on any atom is -0.370 e. The minimum atomic E-state index is -0.322. The number of nitrogens with zero attached hydrogens (tertiary/aromatic N) is 2. The van der Waals surface area contributed by atoms with Gasteiger partial charge in [0.25, 0.3) is 5.56 Å². The lowest BCUT2D eigenvalue weighted by Gasteiger charge is -2.29. The Morgan fingerprint density at radius 3 is 2.58 bits per heavy atom. The monoisotopic (exact) mass is 536 g/mol. The van der Waals surface area contributed by atoms with Crippen molar-refractivity contribution in [1.82, 2.24) is 9.55 Å². The highest BCUT2D eigenvalue weighted by molar-refractivity contribution is 7.98. The number of thioether (sulfide) groups is 1. The van der Waals surface area contributed by atoms with Gasteiger partial charge in [-0.05, 0) is 61.4 Å². The van der Waals surface area contributed by atoms with Crippen molar-refractivity contribution in [3.8, 4) is 5.69 Å². The topological polar surface area (TPSA) is 44.1 Å². The summed E-state index contributed by atoms with van der Waals surface area (Å²) in [6.07, 6.45) is 0.673. The van der Waals surface area contributed by atoms with Crippen molar-refractivity contribution in [2.75, 3.05) is 0 Å². The molecule has 3 heterocycles. The van der Waals surface area contributed by atoms with Gasteiger partial charge in [-0.2, -0.15) is 0 Å². The van der Waals surface area contributed by atoms with Crippen molar-refractivity contribution >= 4 is 68.1 Å². The highest BCUT2D eigenvalue weighted by Gasteiger charge is 2.31. The Kier molecular flexibility index (Phi) is 6.27. The first kappa shape index (κ1) is 23.2. The highest BCUT2D eigenvalue weighted by Crippen LogP contribution is 2.38. The van der Waals surface area contributed by atoms with E-state index in [4.69, 9.17) is 44.5 Å². The summed E-state index contributed by atoms with van der Waals surface area (Å²) in [5.74, 6) is 0.544. The van der Waals surface area contributed by atoms with E-state index in [0.717, 1.165) is 26.5 Å². The van der Waals surface area contributed by atoms with Crippen LogP contribution < -0.4 is 5.56 Å². The van der Waals surface area contributed by atoms with Crippen LogP contribution >= 0.6 is 57.9 Å². The SMILES string of the molecule is CC1(C)Cc2c(sc3nc(SCc4ccc(Cl)cc4Cl)n(-c4ccc(Cl)cc4)c(=O)c23)CO1. The van der Waals surface area contributed by atoms with E-state index in [2.05, 4.69) is 0 Å². The lowest BCUT2D eigenvalue weighted by Crippen LogP contribution is -2.32. The predicted octanol–water partition coefficient (Wildman–Crippen LogP) is 7.55. The highest BCUT2D eigenvalue weighted by atomic mass is 35.5. The summed E-state index contributed by atoms with van der Waals surface area (Å²) in [4.78, 5) is 20.6. The quantitative estimate of drug-likeness (QED) is 0.199. The lowest BCUT2D eigenvalue weighted by atomic mass is 9.94. The van der Waals surface area contributed by atoms with Crippen molar-refractivity contribution in [2.24, 2.45) is 0 Å². The van der Waals surface area contributed by atoms with Crippen LogP contribution in [0.2, 0.25) is 15.1 Å². The van der Waals surface area contributed by atoms with Gasteiger partial charge in [-0.15, -0.1) is 11.3 Å². The molecule has 1 aliphatic rings. The summed E-state index contributed by atoms with van der Waals surface area (Å²) in [6.45, 7) is 4.59. The molecule has 0 unspecified atom stereocenters. The van der Waals surface area contributed by atoms with Gasteiger partial charge in [0.1, 0.15) is 4.83 Å². The molecule has 4 aromatic rings. The largest absolute Gasteiger partial charge is 0.370 e. The van der Waals surface area contributed by atoms with Crippen LogP contribution in [0.4, 0.5) is 0 Å². The zero-order chi connectivity index (χ0) is 23.3. The summed E-state index contributed by atoms with van der Waals surface area (Å²) in [5.41, 5.74) is 2.28. The van der Waals surface area contributed by atoms with E-state index in [1.807, 2.05) is 32.0 Å². The van der Waals surface area contributed by atoms with E-state index in [1.54, 1.807) is 28.8 Å². The number of thiophene rings is 1. The fourth-order valence-corrected chi connectivity index (χ4v) is 6.71. The molecular formula is C24H19Cl3N2O2S2. The molecule has 4 nitrogen and oxygen atoms in total. The second-order valence-electron chi connectivity index (χ2n) is 8.44. The van der Waals surface area contributed by atoms with Gasteiger partial charge in [0.05, 0.1) is 23.3 Å². The van der Waals surface area contributed by atoms with Crippen LogP contribution in [0.15, 0.2) is 52.4 Å². The third-order valence-electron chi connectivity index (χ3n) is 5.53. The van der Waals surface area contributed by atoms with Gasteiger partial charge >= 0.3 is 0 Å². The Bertz CT molecular complexity index is 1430. The number of rotatable bonds is 4. The fourth-order valence-electron chi connectivity index (χ4n) is 3.87. The molecule has 0 N–H and O–H groups in total. The molecule has 0 radical (unpaired) electrons. The normalized spacial score (nSPS) is 15.1. The van der Waals surface area contributed by atoms with Crippen LogP contribution in [-0.2, 0) is 23.5 Å². The molecule has 0 atom stereocenters. The second-order valence-corrected chi connectivity index (χ2v) is 11.8. The predicted molar refractivity (Wildman–Crippen MR) is 139 cm³/mol. The maximum absolute atomic E-state index is 13.9. The first-order valence-corrected chi connectivity index (χ1v) is 13.2. The Labute approximate surface area is 214 Å². The lowest BCUT2D eigenvalue weighted by molar-refractivity contribution is -0.0379. The zero-order valence-electron chi connectivity index (χ0n) is 17.8. The van der Waals surface area contributed by atoms with Gasteiger partial charge in [0.2, 0.25) is 0 Å². The molecule has 0 spiro atoms. The number of ether oxygens (including phenoxy) is 1.